The molecule has 4 aromatic rings. The predicted molar refractivity (Wildman–Crippen MR) is 102 cm³/mol. The predicted octanol–water partition coefficient (Wildman–Crippen LogP) is 6.21. The highest BCUT2D eigenvalue weighted by atomic mass is 16.3. The minimum absolute atomic E-state index is 0.350. The first-order valence-corrected chi connectivity index (χ1v) is 8.03. The molecule has 118 valence electrons. The molecule has 0 aromatic heterocycles. The van der Waals surface area contributed by atoms with Crippen molar-refractivity contribution in [3.05, 3.63) is 103 Å². The number of phenolic OH excluding ortho intramolecular Hbond substituents is 1. The van der Waals surface area contributed by atoms with Crippen LogP contribution in [-0.4, -0.2) is 5.11 Å². The first kappa shape index (κ1) is 15.8. The van der Waals surface area contributed by atoms with Crippen molar-refractivity contribution < 1.29 is 5.11 Å². The minimum atomic E-state index is 0.350. The molecule has 0 saturated heterocycles. The summed E-state index contributed by atoms with van der Waals surface area (Å²) in [6.07, 6.45) is 0. The molecular weight excluding hydrogens is 292 g/mol. The first-order valence-electron chi connectivity index (χ1n) is 8.03. The maximum atomic E-state index is 9.37. The van der Waals surface area contributed by atoms with Gasteiger partial charge in [0, 0.05) is 5.39 Å². The van der Waals surface area contributed by atoms with Gasteiger partial charge in [-0.05, 0) is 35.1 Å². The van der Waals surface area contributed by atoms with Crippen LogP contribution >= 0.6 is 0 Å². The molecule has 0 fully saturated rings. The van der Waals surface area contributed by atoms with E-state index in [0.717, 1.165) is 10.8 Å². The Balaban J connectivity index is 0.000000143. The number of hydrogen-bond acceptors (Lipinski definition) is 1. The second-order valence-electron chi connectivity index (χ2n) is 5.68. The molecule has 0 saturated carbocycles. The van der Waals surface area contributed by atoms with Gasteiger partial charge in [-0.15, -0.1) is 0 Å². The van der Waals surface area contributed by atoms with Gasteiger partial charge < -0.3 is 5.11 Å². The molecule has 0 bridgehead atoms. The number of phenols is 1. The molecular formula is C23H20O. The van der Waals surface area contributed by atoms with Crippen molar-refractivity contribution in [2.75, 3.05) is 0 Å². The van der Waals surface area contributed by atoms with E-state index in [1.54, 1.807) is 6.07 Å². The zero-order valence-electron chi connectivity index (χ0n) is 13.7. The third-order valence-corrected chi connectivity index (χ3v) is 4.00. The van der Waals surface area contributed by atoms with Crippen LogP contribution in [0.25, 0.3) is 21.9 Å². The van der Waals surface area contributed by atoms with E-state index in [1.165, 1.54) is 16.7 Å². The molecule has 0 heterocycles. The van der Waals surface area contributed by atoms with Gasteiger partial charge in [-0.25, -0.2) is 0 Å². The summed E-state index contributed by atoms with van der Waals surface area (Å²) in [4.78, 5) is 0. The number of hydrogen-bond donors (Lipinski definition) is 1. The largest absolute Gasteiger partial charge is 0.507 e. The second-order valence-corrected chi connectivity index (χ2v) is 5.68. The Morgan fingerprint density at radius 3 is 1.96 bits per heavy atom. The van der Waals surface area contributed by atoms with Gasteiger partial charge in [-0.3, -0.25) is 0 Å². The summed E-state index contributed by atoms with van der Waals surface area (Å²) in [6, 6.07) is 32.2. The number of fused-ring (bicyclic) bond motifs is 1. The van der Waals surface area contributed by atoms with Gasteiger partial charge in [0.05, 0.1) is 0 Å². The third-order valence-electron chi connectivity index (χ3n) is 4.00. The fourth-order valence-electron chi connectivity index (χ4n) is 2.72. The number of aryl methyl sites for hydroxylation is 1. The smallest absolute Gasteiger partial charge is 0.123 e. The van der Waals surface area contributed by atoms with Gasteiger partial charge in [0.1, 0.15) is 5.75 Å². The Bertz CT molecular complexity index is 921. The summed E-state index contributed by atoms with van der Waals surface area (Å²) in [5, 5.41) is 11.4. The minimum Gasteiger partial charge on any atom is -0.507 e. The van der Waals surface area contributed by atoms with Gasteiger partial charge in [-0.2, -0.15) is 0 Å². The molecule has 0 amide bonds. The Hall–Kier alpha value is -3.06. The average Bonchev–Trinajstić information content (AvgIpc) is 2.64. The summed E-state index contributed by atoms with van der Waals surface area (Å²) >= 11 is 0. The van der Waals surface area contributed by atoms with Crippen molar-refractivity contribution >= 4 is 10.8 Å². The van der Waals surface area contributed by atoms with Crippen LogP contribution in [0.5, 0.6) is 5.75 Å². The molecule has 0 radical (unpaired) electrons. The van der Waals surface area contributed by atoms with Crippen LogP contribution in [0.3, 0.4) is 0 Å². The maximum absolute atomic E-state index is 9.37. The summed E-state index contributed by atoms with van der Waals surface area (Å²) < 4.78 is 0. The lowest BCUT2D eigenvalue weighted by molar-refractivity contribution is 0.481. The quantitative estimate of drug-likeness (QED) is 0.443. The summed E-state index contributed by atoms with van der Waals surface area (Å²) in [5.41, 5.74) is 3.94. The van der Waals surface area contributed by atoms with E-state index < -0.39 is 0 Å². The van der Waals surface area contributed by atoms with E-state index in [4.69, 9.17) is 0 Å². The molecule has 4 aromatic carbocycles. The van der Waals surface area contributed by atoms with E-state index in [-0.39, 0.29) is 0 Å². The molecule has 1 N–H and O–H groups in total. The SMILES string of the molecule is Cc1ccccc1-c1ccccc1.Oc1cccc2ccccc12. The van der Waals surface area contributed by atoms with Crippen molar-refractivity contribution in [2.45, 2.75) is 6.92 Å². The highest BCUT2D eigenvalue weighted by Gasteiger charge is 1.98. The molecule has 0 atom stereocenters. The lowest BCUT2D eigenvalue weighted by atomic mass is 10.0. The monoisotopic (exact) mass is 312 g/mol. The topological polar surface area (TPSA) is 20.2 Å². The van der Waals surface area contributed by atoms with Gasteiger partial charge in [0.15, 0.2) is 0 Å². The number of rotatable bonds is 1. The standard InChI is InChI=1S/C13H12.C10H8O/c1-11-7-5-6-10-13(11)12-8-3-2-4-9-12;11-10-7-3-5-8-4-1-2-6-9(8)10/h2-10H,1H3;1-7,11H. The van der Waals surface area contributed by atoms with E-state index >= 15 is 0 Å². The van der Waals surface area contributed by atoms with Crippen LogP contribution in [0, 0.1) is 6.92 Å². The molecule has 0 spiro atoms. The molecule has 4 rings (SSSR count). The fraction of sp³-hybridized carbons (Fsp3) is 0.0435. The fourth-order valence-corrected chi connectivity index (χ4v) is 2.72. The normalized spacial score (nSPS) is 10.0. The van der Waals surface area contributed by atoms with E-state index in [0.29, 0.717) is 5.75 Å². The Morgan fingerprint density at radius 2 is 1.21 bits per heavy atom. The Morgan fingerprint density at radius 1 is 0.583 bits per heavy atom. The number of benzene rings is 4. The number of aromatic hydroxyl groups is 1. The maximum Gasteiger partial charge on any atom is 0.123 e. The van der Waals surface area contributed by atoms with Crippen LogP contribution in [0.2, 0.25) is 0 Å². The average molecular weight is 312 g/mol. The molecule has 0 aliphatic carbocycles. The molecule has 24 heavy (non-hydrogen) atoms. The molecule has 0 aliphatic rings. The van der Waals surface area contributed by atoms with Crippen molar-refractivity contribution in [1.82, 2.24) is 0 Å². The van der Waals surface area contributed by atoms with Crippen LogP contribution < -0.4 is 0 Å². The lowest BCUT2D eigenvalue weighted by Crippen LogP contribution is -1.80. The molecule has 0 unspecified atom stereocenters. The van der Waals surface area contributed by atoms with Crippen LogP contribution in [-0.2, 0) is 0 Å². The van der Waals surface area contributed by atoms with Crippen LogP contribution in [0.4, 0.5) is 0 Å². The van der Waals surface area contributed by atoms with Gasteiger partial charge in [0.25, 0.3) is 0 Å². The van der Waals surface area contributed by atoms with E-state index in [1.807, 2.05) is 42.5 Å². The molecule has 1 nitrogen and oxygen atoms in total. The second kappa shape index (κ2) is 7.47. The summed E-state index contributed by atoms with van der Waals surface area (Å²) in [6.45, 7) is 2.14. The van der Waals surface area contributed by atoms with Crippen molar-refractivity contribution in [3.8, 4) is 16.9 Å². The Kier molecular flexibility index (Phi) is 4.93. The zero-order chi connectivity index (χ0) is 16.8. The highest BCUT2D eigenvalue weighted by molar-refractivity contribution is 5.87. The Labute approximate surface area is 142 Å². The van der Waals surface area contributed by atoms with E-state index in [2.05, 4.69) is 55.5 Å². The first-order chi connectivity index (χ1) is 11.8. The third kappa shape index (κ3) is 3.64. The lowest BCUT2D eigenvalue weighted by Gasteiger charge is -2.04. The molecule has 0 aliphatic heterocycles. The van der Waals surface area contributed by atoms with Gasteiger partial charge in [0.2, 0.25) is 0 Å². The highest BCUT2D eigenvalue weighted by Crippen LogP contribution is 2.23. The van der Waals surface area contributed by atoms with Gasteiger partial charge >= 0.3 is 0 Å². The van der Waals surface area contributed by atoms with Crippen molar-refractivity contribution in [2.24, 2.45) is 0 Å². The molecule has 1 heteroatoms. The zero-order valence-corrected chi connectivity index (χ0v) is 13.7. The van der Waals surface area contributed by atoms with Crippen LogP contribution in [0.15, 0.2) is 97.1 Å². The van der Waals surface area contributed by atoms with Crippen LogP contribution in [0.1, 0.15) is 5.56 Å². The van der Waals surface area contributed by atoms with Gasteiger partial charge in [-0.1, -0.05) is 91.0 Å². The summed E-state index contributed by atoms with van der Waals surface area (Å²) in [5.74, 6) is 0.350. The van der Waals surface area contributed by atoms with Crippen molar-refractivity contribution in [3.63, 3.8) is 0 Å². The van der Waals surface area contributed by atoms with Crippen molar-refractivity contribution in [1.29, 1.82) is 0 Å². The van der Waals surface area contributed by atoms with E-state index in [9.17, 15) is 5.11 Å². The summed E-state index contributed by atoms with van der Waals surface area (Å²) in [7, 11) is 0.